The van der Waals surface area contributed by atoms with E-state index >= 15 is 0 Å². The summed E-state index contributed by atoms with van der Waals surface area (Å²) in [6, 6.07) is 17.2. The van der Waals surface area contributed by atoms with Crippen molar-refractivity contribution in [2.75, 3.05) is 13.6 Å². The van der Waals surface area contributed by atoms with Gasteiger partial charge in [0.1, 0.15) is 0 Å². The van der Waals surface area contributed by atoms with Crippen LogP contribution in [0.25, 0.3) is 5.57 Å². The van der Waals surface area contributed by atoms with E-state index in [1.807, 2.05) is 0 Å². The molecule has 0 N–H and O–H groups in total. The molecule has 1 aliphatic rings. The standard InChI is InChI=1S/C19H20N2O/c1-21(20-22)14-6-11-19-17-9-4-2-7-15(17)12-13-16-8-3-5-10-18(16)19/h2-5,7-11H,6,12-14H2,1H3. The van der Waals surface area contributed by atoms with Crippen LogP contribution < -0.4 is 0 Å². The normalized spacial score (nSPS) is 12.9. The quantitative estimate of drug-likeness (QED) is 0.624. The van der Waals surface area contributed by atoms with Crippen LogP contribution in [0.4, 0.5) is 0 Å². The van der Waals surface area contributed by atoms with E-state index in [0.29, 0.717) is 6.54 Å². The Morgan fingerprint density at radius 2 is 1.55 bits per heavy atom. The Labute approximate surface area is 131 Å². The zero-order valence-corrected chi connectivity index (χ0v) is 12.8. The second-order valence-corrected chi connectivity index (χ2v) is 5.68. The average Bonchev–Trinajstić information content (AvgIpc) is 2.72. The van der Waals surface area contributed by atoms with Crippen LogP contribution in [0.5, 0.6) is 0 Å². The van der Waals surface area contributed by atoms with Gasteiger partial charge in [-0.15, -0.1) is 4.91 Å². The zero-order valence-electron chi connectivity index (χ0n) is 12.8. The number of rotatable bonds is 4. The third kappa shape index (κ3) is 2.93. The van der Waals surface area contributed by atoms with Crippen LogP contribution in [0.2, 0.25) is 0 Å². The fourth-order valence-electron chi connectivity index (χ4n) is 3.07. The summed E-state index contributed by atoms with van der Waals surface area (Å²) in [6.07, 6.45) is 5.19. The fraction of sp³-hybridized carbons (Fsp3) is 0.263. The summed E-state index contributed by atoms with van der Waals surface area (Å²) in [7, 11) is 1.71. The average molecular weight is 292 g/mol. The maximum absolute atomic E-state index is 10.5. The highest BCUT2D eigenvalue weighted by atomic mass is 16.3. The second-order valence-electron chi connectivity index (χ2n) is 5.68. The van der Waals surface area contributed by atoms with E-state index in [-0.39, 0.29) is 0 Å². The van der Waals surface area contributed by atoms with Crippen LogP contribution in [0.1, 0.15) is 28.7 Å². The lowest BCUT2D eigenvalue weighted by Gasteiger charge is -2.13. The van der Waals surface area contributed by atoms with Crippen molar-refractivity contribution in [2.24, 2.45) is 5.29 Å². The van der Waals surface area contributed by atoms with E-state index < -0.39 is 0 Å². The van der Waals surface area contributed by atoms with Gasteiger partial charge in [-0.1, -0.05) is 54.6 Å². The number of hydrogen-bond donors (Lipinski definition) is 0. The summed E-state index contributed by atoms with van der Waals surface area (Å²) in [5.74, 6) is 0. The van der Waals surface area contributed by atoms with Crippen LogP contribution in [0.3, 0.4) is 0 Å². The van der Waals surface area contributed by atoms with Gasteiger partial charge < -0.3 is 0 Å². The predicted octanol–water partition coefficient (Wildman–Crippen LogP) is 4.22. The maximum Gasteiger partial charge on any atom is 0.0521 e. The van der Waals surface area contributed by atoms with Crippen molar-refractivity contribution in [2.45, 2.75) is 19.3 Å². The summed E-state index contributed by atoms with van der Waals surface area (Å²) in [4.78, 5) is 10.5. The van der Waals surface area contributed by atoms with Crippen LogP contribution in [-0.2, 0) is 12.8 Å². The molecule has 22 heavy (non-hydrogen) atoms. The lowest BCUT2D eigenvalue weighted by Crippen LogP contribution is -2.10. The molecule has 0 saturated heterocycles. The van der Waals surface area contributed by atoms with Crippen LogP contribution in [-0.4, -0.2) is 18.6 Å². The zero-order chi connectivity index (χ0) is 15.4. The van der Waals surface area contributed by atoms with Gasteiger partial charge in [-0.25, -0.2) is 0 Å². The van der Waals surface area contributed by atoms with Gasteiger partial charge in [0.2, 0.25) is 0 Å². The lowest BCUT2D eigenvalue weighted by atomic mass is 9.93. The van der Waals surface area contributed by atoms with Gasteiger partial charge in [0.15, 0.2) is 0 Å². The van der Waals surface area contributed by atoms with E-state index in [9.17, 15) is 4.91 Å². The Kier molecular flexibility index (Phi) is 4.33. The van der Waals surface area contributed by atoms with Crippen LogP contribution >= 0.6 is 0 Å². The van der Waals surface area contributed by atoms with E-state index in [0.717, 1.165) is 19.3 Å². The number of nitrogens with zero attached hydrogens (tertiary/aromatic N) is 2. The largest absolute Gasteiger partial charge is 0.264 e. The highest BCUT2D eigenvalue weighted by Gasteiger charge is 2.16. The van der Waals surface area contributed by atoms with Crippen molar-refractivity contribution >= 4 is 5.57 Å². The van der Waals surface area contributed by atoms with Gasteiger partial charge in [0, 0.05) is 13.6 Å². The molecule has 2 aromatic rings. The molecule has 0 spiro atoms. The molecule has 1 aliphatic carbocycles. The molecule has 3 nitrogen and oxygen atoms in total. The Morgan fingerprint density at radius 3 is 2.09 bits per heavy atom. The first-order valence-corrected chi connectivity index (χ1v) is 7.70. The summed E-state index contributed by atoms with van der Waals surface area (Å²) in [5.41, 5.74) is 6.70. The minimum absolute atomic E-state index is 0.636. The van der Waals surface area contributed by atoms with Crippen LogP contribution in [0, 0.1) is 4.91 Å². The smallest absolute Gasteiger partial charge is 0.0521 e. The van der Waals surface area contributed by atoms with Gasteiger partial charge in [-0.3, -0.25) is 5.01 Å². The predicted molar refractivity (Wildman–Crippen MR) is 90.4 cm³/mol. The SMILES string of the molecule is CN(CCC=C1c2ccccc2CCc2ccccc21)N=O. The molecule has 0 atom stereocenters. The first kappa shape index (κ1) is 14.5. The molecule has 0 fully saturated rings. The topological polar surface area (TPSA) is 32.7 Å². The van der Waals surface area contributed by atoms with Gasteiger partial charge in [-0.05, 0) is 47.1 Å². The molecule has 0 aromatic heterocycles. The molecule has 2 aromatic carbocycles. The highest BCUT2D eigenvalue weighted by molar-refractivity contribution is 5.83. The number of aryl methyl sites for hydroxylation is 2. The molecular weight excluding hydrogens is 272 g/mol. The van der Waals surface area contributed by atoms with E-state index in [4.69, 9.17) is 0 Å². The number of hydrogen-bond acceptors (Lipinski definition) is 2. The molecule has 3 heteroatoms. The summed E-state index contributed by atoms with van der Waals surface area (Å²) in [5, 5.41) is 4.37. The Hall–Kier alpha value is -2.42. The van der Waals surface area contributed by atoms with Crippen molar-refractivity contribution in [3.8, 4) is 0 Å². The Bertz CT molecular complexity index is 657. The Balaban J connectivity index is 2.02. The molecule has 112 valence electrons. The number of nitroso groups, excluding NO2 is 1. The first-order chi connectivity index (χ1) is 10.8. The van der Waals surface area contributed by atoms with Crippen molar-refractivity contribution < 1.29 is 0 Å². The van der Waals surface area contributed by atoms with Gasteiger partial charge in [0.25, 0.3) is 0 Å². The summed E-state index contributed by atoms with van der Waals surface area (Å²) in [6.45, 7) is 0.636. The molecule has 0 radical (unpaired) electrons. The fourth-order valence-corrected chi connectivity index (χ4v) is 3.07. The number of benzene rings is 2. The molecule has 0 saturated carbocycles. The maximum atomic E-state index is 10.5. The van der Waals surface area contributed by atoms with Crippen LogP contribution in [0.15, 0.2) is 59.9 Å². The molecular formula is C19H20N2O. The van der Waals surface area contributed by atoms with Gasteiger partial charge in [0.05, 0.1) is 5.29 Å². The van der Waals surface area contributed by atoms with E-state index in [1.165, 1.54) is 32.8 Å². The van der Waals surface area contributed by atoms with Crippen molar-refractivity contribution in [1.82, 2.24) is 5.01 Å². The lowest BCUT2D eigenvalue weighted by molar-refractivity contribution is 0.357. The van der Waals surface area contributed by atoms with Gasteiger partial charge in [-0.2, -0.15) is 0 Å². The molecule has 0 amide bonds. The summed E-state index contributed by atoms with van der Waals surface area (Å²) >= 11 is 0. The Morgan fingerprint density at radius 1 is 1.00 bits per heavy atom. The number of fused-ring (bicyclic) bond motifs is 2. The van der Waals surface area contributed by atoms with Crippen molar-refractivity contribution in [3.05, 3.63) is 81.8 Å². The van der Waals surface area contributed by atoms with Gasteiger partial charge >= 0.3 is 0 Å². The minimum atomic E-state index is 0.636. The monoisotopic (exact) mass is 292 g/mol. The third-order valence-electron chi connectivity index (χ3n) is 4.22. The molecule has 0 heterocycles. The highest BCUT2D eigenvalue weighted by Crippen LogP contribution is 2.33. The first-order valence-electron chi connectivity index (χ1n) is 7.70. The molecule has 3 rings (SSSR count). The van der Waals surface area contributed by atoms with E-state index in [1.54, 1.807) is 7.05 Å². The van der Waals surface area contributed by atoms with E-state index in [2.05, 4.69) is 59.9 Å². The van der Waals surface area contributed by atoms with Crippen molar-refractivity contribution in [3.63, 3.8) is 0 Å². The third-order valence-corrected chi connectivity index (χ3v) is 4.22. The summed E-state index contributed by atoms with van der Waals surface area (Å²) < 4.78 is 0. The van der Waals surface area contributed by atoms with Crippen molar-refractivity contribution in [1.29, 1.82) is 0 Å². The molecule has 0 bridgehead atoms. The molecule has 0 unspecified atom stereocenters. The minimum Gasteiger partial charge on any atom is -0.264 e. The molecule has 0 aliphatic heterocycles. The second kappa shape index (κ2) is 6.56.